The molecule has 0 saturated heterocycles. The van der Waals surface area contributed by atoms with Gasteiger partial charge in [0, 0.05) is 4.43 Å². The van der Waals surface area contributed by atoms with Crippen LogP contribution in [0.15, 0.2) is 0 Å². The van der Waals surface area contributed by atoms with Crippen LogP contribution in [0.4, 0.5) is 13.2 Å². The van der Waals surface area contributed by atoms with E-state index < -0.39 is 12.7 Å². The van der Waals surface area contributed by atoms with Crippen molar-refractivity contribution in [3.05, 3.63) is 0 Å². The van der Waals surface area contributed by atoms with Gasteiger partial charge in [0.05, 0.1) is 6.54 Å². The summed E-state index contributed by atoms with van der Waals surface area (Å²) < 4.78 is 35.1. The van der Waals surface area contributed by atoms with Gasteiger partial charge in [0.1, 0.15) is 0 Å². The van der Waals surface area contributed by atoms with Gasteiger partial charge < -0.3 is 5.32 Å². The van der Waals surface area contributed by atoms with E-state index in [0.29, 0.717) is 6.54 Å². The molecular formula is C5H9F3IN. The van der Waals surface area contributed by atoms with Gasteiger partial charge >= 0.3 is 6.18 Å². The molecule has 1 nitrogen and oxygen atoms in total. The highest BCUT2D eigenvalue weighted by Gasteiger charge is 2.25. The van der Waals surface area contributed by atoms with Gasteiger partial charge in [-0.2, -0.15) is 13.2 Å². The Hall–Kier alpha value is 0.480. The number of halogens is 4. The van der Waals surface area contributed by atoms with E-state index in [1.807, 2.05) is 0 Å². The predicted molar refractivity (Wildman–Crippen MR) is 42.4 cm³/mol. The number of nitrogens with one attached hydrogen (secondary N) is 1. The Labute approximate surface area is 71.5 Å². The lowest BCUT2D eigenvalue weighted by molar-refractivity contribution is -0.124. The predicted octanol–water partition coefficient (Wildman–Crippen LogP) is 1.96. The third kappa shape index (κ3) is 8.48. The van der Waals surface area contributed by atoms with Crippen LogP contribution in [0.3, 0.4) is 0 Å². The summed E-state index contributed by atoms with van der Waals surface area (Å²) in [7, 11) is 0. The Morgan fingerprint density at radius 1 is 1.30 bits per heavy atom. The van der Waals surface area contributed by atoms with Gasteiger partial charge in [0.25, 0.3) is 0 Å². The van der Waals surface area contributed by atoms with Gasteiger partial charge in [-0.05, 0) is 13.0 Å². The number of hydrogen-bond donors (Lipinski definition) is 1. The quantitative estimate of drug-likeness (QED) is 0.466. The van der Waals surface area contributed by atoms with Crippen molar-refractivity contribution < 1.29 is 13.2 Å². The molecule has 0 rings (SSSR count). The van der Waals surface area contributed by atoms with Crippen molar-refractivity contribution in [3.63, 3.8) is 0 Å². The maximum Gasteiger partial charge on any atom is 0.401 e. The maximum absolute atomic E-state index is 11.4. The van der Waals surface area contributed by atoms with Crippen LogP contribution in [0, 0.1) is 0 Å². The van der Waals surface area contributed by atoms with Crippen molar-refractivity contribution in [2.24, 2.45) is 0 Å². The van der Waals surface area contributed by atoms with E-state index >= 15 is 0 Å². The Balaban J connectivity index is 3.04. The molecule has 0 amide bonds. The van der Waals surface area contributed by atoms with E-state index in [1.165, 1.54) is 0 Å². The summed E-state index contributed by atoms with van der Waals surface area (Å²) in [6, 6.07) is 0. The number of alkyl halides is 4. The minimum atomic E-state index is -4.06. The van der Waals surface area contributed by atoms with E-state index in [9.17, 15) is 13.2 Å². The molecule has 0 aromatic heterocycles. The van der Waals surface area contributed by atoms with E-state index in [1.54, 1.807) is 0 Å². The van der Waals surface area contributed by atoms with Crippen molar-refractivity contribution in [1.82, 2.24) is 5.32 Å². The van der Waals surface area contributed by atoms with Crippen LogP contribution < -0.4 is 5.32 Å². The molecule has 5 heteroatoms. The molecule has 62 valence electrons. The minimum Gasteiger partial charge on any atom is -0.309 e. The third-order valence-electron chi connectivity index (χ3n) is 0.813. The fraction of sp³-hybridized carbons (Fsp3) is 1.00. The summed E-state index contributed by atoms with van der Waals surface area (Å²) in [6.45, 7) is -0.425. The smallest absolute Gasteiger partial charge is 0.309 e. The molecular weight excluding hydrogens is 258 g/mol. The van der Waals surface area contributed by atoms with Crippen molar-refractivity contribution in [1.29, 1.82) is 0 Å². The van der Waals surface area contributed by atoms with Crippen LogP contribution in [-0.2, 0) is 0 Å². The zero-order valence-electron chi connectivity index (χ0n) is 5.34. The van der Waals surface area contributed by atoms with Gasteiger partial charge in [0.2, 0.25) is 0 Å². The molecule has 0 heterocycles. The van der Waals surface area contributed by atoms with Crippen LogP contribution >= 0.6 is 22.6 Å². The first-order chi connectivity index (χ1) is 4.56. The normalized spacial score (nSPS) is 12.0. The minimum absolute atomic E-state index is 0.447. The molecule has 0 aliphatic carbocycles. The summed E-state index contributed by atoms with van der Waals surface area (Å²) in [6.07, 6.45) is -3.28. The molecule has 0 aliphatic heterocycles. The Kier molecular flexibility index (Phi) is 5.42. The molecule has 0 aromatic carbocycles. The van der Waals surface area contributed by atoms with Crippen molar-refractivity contribution >= 4 is 22.6 Å². The highest BCUT2D eigenvalue weighted by atomic mass is 127. The van der Waals surface area contributed by atoms with Crippen LogP contribution in [0.25, 0.3) is 0 Å². The molecule has 0 saturated carbocycles. The van der Waals surface area contributed by atoms with Gasteiger partial charge in [-0.3, -0.25) is 0 Å². The second-order valence-corrected chi connectivity index (χ2v) is 2.91. The van der Waals surface area contributed by atoms with Crippen molar-refractivity contribution in [3.8, 4) is 0 Å². The molecule has 0 atom stereocenters. The average molecular weight is 267 g/mol. The highest BCUT2D eigenvalue weighted by Crippen LogP contribution is 2.11. The van der Waals surface area contributed by atoms with Crippen LogP contribution in [0.1, 0.15) is 6.42 Å². The lowest BCUT2D eigenvalue weighted by Crippen LogP contribution is -2.29. The first kappa shape index (κ1) is 10.5. The monoisotopic (exact) mass is 267 g/mol. The third-order valence-corrected chi connectivity index (χ3v) is 1.58. The van der Waals surface area contributed by atoms with Gasteiger partial charge in [-0.25, -0.2) is 0 Å². The fourth-order valence-electron chi connectivity index (χ4n) is 0.422. The molecule has 10 heavy (non-hydrogen) atoms. The maximum atomic E-state index is 11.4. The van der Waals surface area contributed by atoms with Gasteiger partial charge in [-0.1, -0.05) is 22.6 Å². The van der Waals surface area contributed by atoms with E-state index in [2.05, 4.69) is 27.9 Å². The second-order valence-electron chi connectivity index (χ2n) is 1.83. The number of rotatable bonds is 4. The van der Waals surface area contributed by atoms with Crippen LogP contribution in [0.5, 0.6) is 0 Å². The molecule has 0 fully saturated rings. The van der Waals surface area contributed by atoms with E-state index in [0.717, 1.165) is 10.8 Å². The van der Waals surface area contributed by atoms with Crippen molar-refractivity contribution in [2.45, 2.75) is 12.6 Å². The summed E-state index contributed by atoms with van der Waals surface area (Å²) in [5.41, 5.74) is 0. The Bertz CT molecular complexity index is 83.5. The summed E-state index contributed by atoms with van der Waals surface area (Å²) in [5.74, 6) is 0. The van der Waals surface area contributed by atoms with Crippen LogP contribution in [0.2, 0.25) is 0 Å². The zero-order valence-corrected chi connectivity index (χ0v) is 7.50. The van der Waals surface area contributed by atoms with Gasteiger partial charge in [0.15, 0.2) is 0 Å². The summed E-state index contributed by atoms with van der Waals surface area (Å²) in [4.78, 5) is 0. The first-order valence-electron chi connectivity index (χ1n) is 2.89. The molecule has 0 unspecified atom stereocenters. The fourth-order valence-corrected chi connectivity index (χ4v) is 0.803. The van der Waals surface area contributed by atoms with E-state index in [4.69, 9.17) is 0 Å². The second kappa shape index (κ2) is 5.17. The average Bonchev–Trinajstić information content (AvgIpc) is 1.78. The molecule has 1 N–H and O–H groups in total. The first-order valence-corrected chi connectivity index (χ1v) is 4.42. The number of hydrogen-bond acceptors (Lipinski definition) is 1. The highest BCUT2D eigenvalue weighted by molar-refractivity contribution is 14.1. The summed E-state index contributed by atoms with van der Waals surface area (Å²) >= 11 is 2.13. The largest absolute Gasteiger partial charge is 0.401 e. The Morgan fingerprint density at radius 3 is 2.30 bits per heavy atom. The van der Waals surface area contributed by atoms with Crippen molar-refractivity contribution in [2.75, 3.05) is 17.5 Å². The molecule has 0 spiro atoms. The van der Waals surface area contributed by atoms with Crippen LogP contribution in [-0.4, -0.2) is 23.7 Å². The molecule has 0 aliphatic rings. The zero-order chi connectivity index (χ0) is 8.04. The Morgan fingerprint density at radius 2 is 1.90 bits per heavy atom. The molecule has 0 aromatic rings. The lowest BCUT2D eigenvalue weighted by atomic mass is 10.5. The lowest BCUT2D eigenvalue weighted by Gasteiger charge is -2.06. The SMILES string of the molecule is FC(F)(F)CNCCCI. The topological polar surface area (TPSA) is 12.0 Å². The molecule has 0 bridgehead atoms. The standard InChI is InChI=1S/C5H9F3IN/c6-5(7,8)4-10-3-1-2-9/h10H,1-4H2. The van der Waals surface area contributed by atoms with Gasteiger partial charge in [-0.15, -0.1) is 0 Å². The summed E-state index contributed by atoms with van der Waals surface area (Å²) in [5, 5.41) is 2.30. The van der Waals surface area contributed by atoms with E-state index in [-0.39, 0.29) is 0 Å². The molecule has 0 radical (unpaired) electrons.